The number of hydrogen-bond acceptors (Lipinski definition) is 5. The molecule has 1 aliphatic rings. The molecule has 0 bridgehead atoms. The molecule has 3 heterocycles. The second kappa shape index (κ2) is 7.03. The lowest BCUT2D eigenvalue weighted by Crippen LogP contribution is -2.44. The van der Waals surface area contributed by atoms with Crippen molar-refractivity contribution in [3.05, 3.63) is 60.6 Å². The summed E-state index contributed by atoms with van der Waals surface area (Å²) in [5.74, 6) is 1.70. The van der Waals surface area contributed by atoms with Gasteiger partial charge in [0.15, 0.2) is 5.82 Å². The molecule has 2 aromatic heterocycles. The highest BCUT2D eigenvalue weighted by atomic mass is 16.5. The van der Waals surface area contributed by atoms with E-state index in [0.29, 0.717) is 6.61 Å². The molecule has 6 nitrogen and oxygen atoms in total. The molecule has 3 aromatic rings. The van der Waals surface area contributed by atoms with E-state index in [-0.39, 0.29) is 6.10 Å². The van der Waals surface area contributed by atoms with E-state index in [1.54, 1.807) is 0 Å². The molecule has 0 amide bonds. The largest absolute Gasteiger partial charge is 0.373 e. The summed E-state index contributed by atoms with van der Waals surface area (Å²) in [4.78, 5) is 11.4. The Morgan fingerprint density at radius 3 is 2.88 bits per heavy atom. The summed E-state index contributed by atoms with van der Waals surface area (Å²) in [6.07, 6.45) is 5.84. The van der Waals surface area contributed by atoms with Crippen LogP contribution in [-0.2, 0) is 11.3 Å². The normalized spacial score (nSPS) is 17.6. The summed E-state index contributed by atoms with van der Waals surface area (Å²) >= 11 is 0. The fraction of sp³-hybridized carbons (Fsp3) is 0.316. The fourth-order valence-corrected chi connectivity index (χ4v) is 3.06. The summed E-state index contributed by atoms with van der Waals surface area (Å²) in [7, 11) is 0. The van der Waals surface area contributed by atoms with E-state index in [1.807, 2.05) is 66.6 Å². The van der Waals surface area contributed by atoms with Gasteiger partial charge >= 0.3 is 0 Å². The lowest BCUT2D eigenvalue weighted by molar-refractivity contribution is 0.0272. The van der Waals surface area contributed by atoms with Crippen LogP contribution >= 0.6 is 0 Å². The zero-order valence-electron chi connectivity index (χ0n) is 14.2. The van der Waals surface area contributed by atoms with Gasteiger partial charge in [0.05, 0.1) is 25.5 Å². The summed E-state index contributed by atoms with van der Waals surface area (Å²) < 4.78 is 7.86. The van der Waals surface area contributed by atoms with Crippen molar-refractivity contribution in [2.75, 3.05) is 24.6 Å². The molecule has 0 unspecified atom stereocenters. The minimum atomic E-state index is 0.100. The molecule has 1 aromatic carbocycles. The highest BCUT2D eigenvalue weighted by molar-refractivity contribution is 5.57. The van der Waals surface area contributed by atoms with Crippen molar-refractivity contribution in [2.45, 2.75) is 19.6 Å². The Labute approximate surface area is 147 Å². The standard InChI is InChI=1S/C19H21N5O/c1-15-11-21-24(12-15)14-17-13-23(9-10-25-17)18-7-8-20-19(22-18)16-5-3-2-4-6-16/h2-8,11-12,17H,9-10,13-14H2,1H3/t17-/m0/s1. The van der Waals surface area contributed by atoms with Crippen LogP contribution < -0.4 is 4.90 Å². The van der Waals surface area contributed by atoms with Crippen LogP contribution in [0.2, 0.25) is 0 Å². The van der Waals surface area contributed by atoms with Crippen molar-refractivity contribution in [1.82, 2.24) is 19.7 Å². The van der Waals surface area contributed by atoms with E-state index in [1.165, 1.54) is 0 Å². The SMILES string of the molecule is Cc1cnn(C[C@@H]2CN(c3ccnc(-c4ccccc4)n3)CCO2)c1. The third-order valence-electron chi connectivity index (χ3n) is 4.29. The molecule has 0 spiro atoms. The first-order valence-corrected chi connectivity index (χ1v) is 8.52. The maximum absolute atomic E-state index is 5.91. The zero-order valence-corrected chi connectivity index (χ0v) is 14.2. The Kier molecular flexibility index (Phi) is 4.43. The predicted octanol–water partition coefficient (Wildman–Crippen LogP) is 2.55. The van der Waals surface area contributed by atoms with E-state index < -0.39 is 0 Å². The summed E-state index contributed by atoms with van der Waals surface area (Å²) in [5.41, 5.74) is 2.19. The molecule has 128 valence electrons. The Balaban J connectivity index is 1.49. The molecule has 0 N–H and O–H groups in total. The molecular formula is C19H21N5O. The van der Waals surface area contributed by atoms with Crippen LogP contribution in [0.4, 0.5) is 5.82 Å². The van der Waals surface area contributed by atoms with Crippen LogP contribution in [0.15, 0.2) is 55.0 Å². The minimum absolute atomic E-state index is 0.100. The molecule has 4 rings (SSSR count). The molecular weight excluding hydrogens is 314 g/mol. The van der Waals surface area contributed by atoms with Gasteiger partial charge in [-0.3, -0.25) is 4.68 Å². The maximum atomic E-state index is 5.91. The van der Waals surface area contributed by atoms with E-state index >= 15 is 0 Å². The first-order chi connectivity index (χ1) is 12.3. The van der Waals surface area contributed by atoms with E-state index in [2.05, 4.69) is 15.0 Å². The monoisotopic (exact) mass is 335 g/mol. The molecule has 1 saturated heterocycles. The van der Waals surface area contributed by atoms with Crippen molar-refractivity contribution < 1.29 is 4.74 Å². The Morgan fingerprint density at radius 1 is 1.20 bits per heavy atom. The van der Waals surface area contributed by atoms with Crippen LogP contribution in [-0.4, -0.2) is 45.5 Å². The quantitative estimate of drug-likeness (QED) is 0.733. The summed E-state index contributed by atoms with van der Waals surface area (Å²) in [5, 5.41) is 4.35. The van der Waals surface area contributed by atoms with Gasteiger partial charge in [-0.2, -0.15) is 5.10 Å². The average molecular weight is 335 g/mol. The molecule has 6 heteroatoms. The van der Waals surface area contributed by atoms with Crippen molar-refractivity contribution in [2.24, 2.45) is 0 Å². The molecule has 1 aliphatic heterocycles. The number of benzene rings is 1. The topological polar surface area (TPSA) is 56.1 Å². The second-order valence-electron chi connectivity index (χ2n) is 6.28. The highest BCUT2D eigenvalue weighted by Gasteiger charge is 2.22. The van der Waals surface area contributed by atoms with Gasteiger partial charge in [-0.1, -0.05) is 30.3 Å². The van der Waals surface area contributed by atoms with Gasteiger partial charge in [0.2, 0.25) is 0 Å². The van der Waals surface area contributed by atoms with E-state index in [4.69, 9.17) is 9.72 Å². The zero-order chi connectivity index (χ0) is 17.1. The average Bonchev–Trinajstić information content (AvgIpc) is 3.07. The van der Waals surface area contributed by atoms with Gasteiger partial charge in [0, 0.05) is 31.0 Å². The summed E-state index contributed by atoms with van der Waals surface area (Å²) in [6.45, 7) is 5.12. The number of aromatic nitrogens is 4. The Hall–Kier alpha value is -2.73. The first-order valence-electron chi connectivity index (χ1n) is 8.52. The second-order valence-corrected chi connectivity index (χ2v) is 6.28. The number of aryl methyl sites for hydroxylation is 1. The van der Waals surface area contributed by atoms with Gasteiger partial charge in [-0.15, -0.1) is 0 Å². The summed E-state index contributed by atoms with van der Waals surface area (Å²) in [6, 6.07) is 12.0. The minimum Gasteiger partial charge on any atom is -0.373 e. The van der Waals surface area contributed by atoms with Gasteiger partial charge < -0.3 is 9.64 Å². The Bertz CT molecular complexity index is 833. The third-order valence-corrected chi connectivity index (χ3v) is 4.29. The van der Waals surface area contributed by atoms with Gasteiger partial charge in [0.25, 0.3) is 0 Å². The molecule has 0 radical (unpaired) electrons. The fourth-order valence-electron chi connectivity index (χ4n) is 3.06. The van der Waals surface area contributed by atoms with Crippen molar-refractivity contribution in [3.63, 3.8) is 0 Å². The van der Waals surface area contributed by atoms with Crippen molar-refractivity contribution in [3.8, 4) is 11.4 Å². The maximum Gasteiger partial charge on any atom is 0.161 e. The van der Waals surface area contributed by atoms with Gasteiger partial charge in [0.1, 0.15) is 5.82 Å². The molecule has 25 heavy (non-hydrogen) atoms. The van der Waals surface area contributed by atoms with Crippen LogP contribution in [0.5, 0.6) is 0 Å². The predicted molar refractivity (Wildman–Crippen MR) is 96.4 cm³/mol. The molecule has 1 atom stereocenters. The van der Waals surface area contributed by atoms with E-state index in [9.17, 15) is 0 Å². The molecule has 0 aliphatic carbocycles. The number of nitrogens with zero attached hydrogens (tertiary/aromatic N) is 5. The van der Waals surface area contributed by atoms with Crippen molar-refractivity contribution >= 4 is 5.82 Å². The highest BCUT2D eigenvalue weighted by Crippen LogP contribution is 2.20. The number of morpholine rings is 1. The van der Waals surface area contributed by atoms with Crippen LogP contribution in [0.1, 0.15) is 5.56 Å². The number of rotatable bonds is 4. The number of hydrogen-bond donors (Lipinski definition) is 0. The third kappa shape index (κ3) is 3.69. The smallest absolute Gasteiger partial charge is 0.161 e. The van der Waals surface area contributed by atoms with Crippen LogP contribution in [0.25, 0.3) is 11.4 Å². The van der Waals surface area contributed by atoms with Crippen molar-refractivity contribution in [1.29, 1.82) is 0 Å². The number of ether oxygens (including phenoxy) is 1. The number of anilines is 1. The van der Waals surface area contributed by atoms with Crippen LogP contribution in [0.3, 0.4) is 0 Å². The lowest BCUT2D eigenvalue weighted by Gasteiger charge is -2.33. The first kappa shape index (κ1) is 15.8. The molecule has 0 saturated carbocycles. The van der Waals surface area contributed by atoms with Gasteiger partial charge in [-0.25, -0.2) is 9.97 Å². The Morgan fingerprint density at radius 2 is 2.08 bits per heavy atom. The van der Waals surface area contributed by atoms with Crippen LogP contribution in [0, 0.1) is 6.92 Å². The lowest BCUT2D eigenvalue weighted by atomic mass is 10.2. The van der Waals surface area contributed by atoms with Gasteiger partial charge in [-0.05, 0) is 18.6 Å². The molecule has 1 fully saturated rings. The van der Waals surface area contributed by atoms with E-state index in [0.717, 1.165) is 42.4 Å².